The molecule has 0 amide bonds. The summed E-state index contributed by atoms with van der Waals surface area (Å²) in [6, 6.07) is 0. The number of phenolic OH excluding ortho intramolecular Hbond substituents is 2. The molecule has 0 radical (unpaired) electrons. The van der Waals surface area contributed by atoms with E-state index in [2.05, 4.69) is 15.5 Å². The number of H-pyrrole nitrogens is 1. The predicted molar refractivity (Wildman–Crippen MR) is 113 cm³/mol. The first kappa shape index (κ1) is 21.4. The molecule has 1 atom stereocenters. The number of aromatic hydroxyl groups is 2. The SMILES string of the molecule is CC(=O)c1c(O)c(C)c(O)c2c1OC1=CC(=O)/C(=C(/C)NCc3cn[nH]c3C)C(=O)[C@]12C. The fraction of sp³-hybridized carbons (Fsp3) is 0.304. The summed E-state index contributed by atoms with van der Waals surface area (Å²) in [7, 11) is 0. The van der Waals surface area contributed by atoms with E-state index in [1.165, 1.54) is 26.8 Å². The molecule has 0 fully saturated rings. The maximum Gasteiger partial charge on any atom is 0.194 e. The number of carbonyl (C=O) groups is 3. The Morgan fingerprint density at radius 2 is 1.91 bits per heavy atom. The summed E-state index contributed by atoms with van der Waals surface area (Å²) in [4.78, 5) is 38.8. The van der Waals surface area contributed by atoms with Gasteiger partial charge in [0.2, 0.25) is 0 Å². The third-order valence-electron chi connectivity index (χ3n) is 6.24. The number of phenols is 2. The first-order valence-electron chi connectivity index (χ1n) is 10.0. The Morgan fingerprint density at radius 3 is 2.50 bits per heavy atom. The maximum absolute atomic E-state index is 13.7. The number of Topliss-reactive ketones (excluding diaryl/α,β-unsaturated/α-hetero) is 2. The van der Waals surface area contributed by atoms with Crippen molar-refractivity contribution in [3.8, 4) is 17.2 Å². The number of ether oxygens (including phenoxy) is 1. The van der Waals surface area contributed by atoms with E-state index < -0.39 is 28.5 Å². The second-order valence-electron chi connectivity index (χ2n) is 8.26. The molecule has 0 saturated heterocycles. The van der Waals surface area contributed by atoms with Gasteiger partial charge in [-0.2, -0.15) is 5.10 Å². The third-order valence-corrected chi connectivity index (χ3v) is 6.24. The Bertz CT molecular complexity index is 1280. The van der Waals surface area contributed by atoms with Gasteiger partial charge in [0, 0.05) is 35.1 Å². The number of carbonyl (C=O) groups excluding carboxylic acids is 3. The van der Waals surface area contributed by atoms with Gasteiger partial charge < -0.3 is 20.3 Å². The minimum absolute atomic E-state index is 0.00697. The van der Waals surface area contributed by atoms with Gasteiger partial charge in [0.1, 0.15) is 34.0 Å². The fourth-order valence-corrected chi connectivity index (χ4v) is 4.23. The lowest BCUT2D eigenvalue weighted by Crippen LogP contribution is -2.41. The average molecular weight is 437 g/mol. The normalized spacial score (nSPS) is 21.0. The van der Waals surface area contributed by atoms with Crippen LogP contribution >= 0.6 is 0 Å². The van der Waals surface area contributed by atoms with Gasteiger partial charge >= 0.3 is 0 Å². The molecule has 0 unspecified atom stereocenters. The van der Waals surface area contributed by atoms with Crippen LogP contribution in [-0.2, 0) is 21.5 Å². The van der Waals surface area contributed by atoms with Gasteiger partial charge in [-0.3, -0.25) is 19.5 Å². The average Bonchev–Trinajstić information content (AvgIpc) is 3.25. The molecule has 32 heavy (non-hydrogen) atoms. The molecule has 4 N–H and O–H groups in total. The molecule has 0 spiro atoms. The Balaban J connectivity index is 1.86. The lowest BCUT2D eigenvalue weighted by Gasteiger charge is -2.29. The highest BCUT2D eigenvalue weighted by Crippen LogP contribution is 2.57. The van der Waals surface area contributed by atoms with Crippen molar-refractivity contribution in [1.29, 1.82) is 0 Å². The van der Waals surface area contributed by atoms with Crippen LogP contribution in [0, 0.1) is 13.8 Å². The van der Waals surface area contributed by atoms with Gasteiger partial charge in [-0.05, 0) is 34.6 Å². The molecular weight excluding hydrogens is 414 g/mol. The van der Waals surface area contributed by atoms with Crippen LogP contribution in [0.4, 0.5) is 0 Å². The second-order valence-corrected chi connectivity index (χ2v) is 8.26. The molecule has 1 aromatic carbocycles. The number of hydrogen-bond acceptors (Lipinski definition) is 8. The van der Waals surface area contributed by atoms with Crippen molar-refractivity contribution in [2.75, 3.05) is 0 Å². The van der Waals surface area contributed by atoms with Crippen LogP contribution in [0.15, 0.2) is 29.3 Å². The van der Waals surface area contributed by atoms with E-state index in [0.717, 1.165) is 11.3 Å². The number of aromatic nitrogens is 2. The molecule has 1 aliphatic carbocycles. The molecular formula is C23H23N3O6. The highest BCUT2D eigenvalue weighted by Gasteiger charge is 2.56. The summed E-state index contributed by atoms with van der Waals surface area (Å²) >= 11 is 0. The Labute approximate surface area is 183 Å². The van der Waals surface area contributed by atoms with Crippen molar-refractivity contribution in [1.82, 2.24) is 15.5 Å². The second kappa shape index (κ2) is 7.08. The van der Waals surface area contributed by atoms with Gasteiger partial charge in [-0.15, -0.1) is 0 Å². The van der Waals surface area contributed by atoms with Crippen LogP contribution in [0.3, 0.4) is 0 Å². The van der Waals surface area contributed by atoms with E-state index in [1.54, 1.807) is 13.1 Å². The van der Waals surface area contributed by atoms with Crippen LogP contribution < -0.4 is 10.1 Å². The molecule has 1 aromatic heterocycles. The minimum atomic E-state index is -1.53. The zero-order chi connectivity index (χ0) is 23.5. The standard InChI is InChI=1S/C23H23N3O6/c1-9-19(29)17(12(4)27)21-18(20(9)30)23(5)15(32-21)6-14(28)16(22(23)31)11(3)24-7-13-8-25-26-10(13)2/h6,8,24,29-30H,7H2,1-5H3,(H,25,26)/b16-11+/t23-/m1/s1. The first-order valence-corrected chi connectivity index (χ1v) is 10.0. The summed E-state index contributed by atoms with van der Waals surface area (Å²) in [5.74, 6) is -2.47. The molecule has 2 aliphatic rings. The Morgan fingerprint density at radius 1 is 1.22 bits per heavy atom. The van der Waals surface area contributed by atoms with E-state index in [1.807, 2.05) is 6.92 Å². The van der Waals surface area contributed by atoms with Gasteiger partial charge in [0.05, 0.1) is 17.3 Å². The van der Waals surface area contributed by atoms with Crippen LogP contribution in [0.1, 0.15) is 53.5 Å². The van der Waals surface area contributed by atoms with E-state index >= 15 is 0 Å². The number of allylic oxidation sites excluding steroid dienone is 4. The van der Waals surface area contributed by atoms with E-state index in [9.17, 15) is 24.6 Å². The van der Waals surface area contributed by atoms with E-state index in [-0.39, 0.29) is 39.5 Å². The zero-order valence-electron chi connectivity index (χ0n) is 18.3. The number of nitrogens with one attached hydrogen (secondary N) is 2. The number of nitrogens with zero attached hydrogens (tertiary/aromatic N) is 1. The summed E-state index contributed by atoms with van der Waals surface area (Å²) < 4.78 is 5.75. The number of aryl methyl sites for hydroxylation is 1. The molecule has 0 saturated carbocycles. The van der Waals surface area contributed by atoms with Gasteiger partial charge in [-0.1, -0.05) is 0 Å². The van der Waals surface area contributed by atoms with Crippen molar-refractivity contribution >= 4 is 17.3 Å². The van der Waals surface area contributed by atoms with Crippen molar-refractivity contribution in [2.45, 2.75) is 46.6 Å². The monoisotopic (exact) mass is 437 g/mol. The number of fused-ring (bicyclic) bond motifs is 3. The largest absolute Gasteiger partial charge is 0.507 e. The van der Waals surface area contributed by atoms with Gasteiger partial charge in [-0.25, -0.2) is 0 Å². The smallest absolute Gasteiger partial charge is 0.194 e. The molecule has 2 aromatic rings. The quantitative estimate of drug-likeness (QED) is 0.325. The molecule has 2 heterocycles. The molecule has 0 bridgehead atoms. The van der Waals surface area contributed by atoms with Crippen molar-refractivity contribution in [3.05, 3.63) is 57.2 Å². The lowest BCUT2D eigenvalue weighted by molar-refractivity contribution is -0.123. The van der Waals surface area contributed by atoms with Crippen LogP contribution in [0.25, 0.3) is 0 Å². The highest BCUT2D eigenvalue weighted by molar-refractivity contribution is 6.31. The third kappa shape index (κ3) is 2.77. The molecule has 9 nitrogen and oxygen atoms in total. The highest BCUT2D eigenvalue weighted by atomic mass is 16.5. The van der Waals surface area contributed by atoms with Crippen molar-refractivity contribution in [3.63, 3.8) is 0 Å². The Kier molecular flexibility index (Phi) is 4.73. The topological polar surface area (TPSA) is 142 Å². The van der Waals surface area contributed by atoms with Crippen molar-refractivity contribution < 1.29 is 29.3 Å². The minimum Gasteiger partial charge on any atom is -0.507 e. The summed E-state index contributed by atoms with van der Waals surface area (Å²) in [5.41, 5.74) is 0.505. The fourth-order valence-electron chi connectivity index (χ4n) is 4.23. The molecule has 1 aliphatic heterocycles. The number of hydrogen-bond donors (Lipinski definition) is 4. The molecule has 9 heteroatoms. The maximum atomic E-state index is 13.7. The van der Waals surface area contributed by atoms with Gasteiger partial charge in [0.25, 0.3) is 0 Å². The number of rotatable bonds is 4. The first-order chi connectivity index (χ1) is 15.0. The predicted octanol–water partition coefficient (Wildman–Crippen LogP) is 2.39. The summed E-state index contributed by atoms with van der Waals surface area (Å²) in [6.07, 6.45) is 2.85. The lowest BCUT2D eigenvalue weighted by atomic mass is 9.70. The number of benzene rings is 1. The van der Waals surface area contributed by atoms with Crippen LogP contribution in [0.5, 0.6) is 17.2 Å². The van der Waals surface area contributed by atoms with Crippen molar-refractivity contribution in [2.24, 2.45) is 0 Å². The van der Waals surface area contributed by atoms with E-state index in [4.69, 9.17) is 4.74 Å². The zero-order valence-corrected chi connectivity index (χ0v) is 18.3. The number of aromatic amines is 1. The van der Waals surface area contributed by atoms with Gasteiger partial charge in [0.15, 0.2) is 17.3 Å². The van der Waals surface area contributed by atoms with E-state index in [0.29, 0.717) is 12.2 Å². The Hall–Kier alpha value is -3.88. The van der Waals surface area contributed by atoms with Crippen LogP contribution in [-0.4, -0.2) is 37.8 Å². The molecule has 166 valence electrons. The summed E-state index contributed by atoms with van der Waals surface area (Å²) in [5, 5.41) is 31.1. The molecule has 4 rings (SSSR count). The van der Waals surface area contributed by atoms with Crippen LogP contribution in [0.2, 0.25) is 0 Å². The number of ketones is 3. The summed E-state index contributed by atoms with van der Waals surface area (Å²) in [6.45, 7) is 8.07.